The number of methoxy groups -OCH3 is 1. The Balaban J connectivity index is 2.08. The van der Waals surface area contributed by atoms with Crippen LogP contribution in [0.5, 0.6) is 5.75 Å². The monoisotopic (exact) mass is 339 g/mol. The van der Waals surface area contributed by atoms with E-state index in [0.717, 1.165) is 0 Å². The van der Waals surface area contributed by atoms with Crippen LogP contribution >= 0.6 is 23.2 Å². The maximum atomic E-state index is 12.0. The number of anilines is 1. The van der Waals surface area contributed by atoms with Gasteiger partial charge in [-0.1, -0.05) is 23.2 Å². The highest BCUT2D eigenvalue weighted by molar-refractivity contribution is 6.34. The number of hydrogen-bond donors (Lipinski definition) is 1. The lowest BCUT2D eigenvalue weighted by molar-refractivity contribution is 0.0735. The highest BCUT2D eigenvalue weighted by Crippen LogP contribution is 2.25. The first-order valence-corrected chi connectivity index (χ1v) is 6.87. The van der Waals surface area contributed by atoms with Gasteiger partial charge in [0.15, 0.2) is 0 Å². The maximum absolute atomic E-state index is 12.0. The van der Waals surface area contributed by atoms with E-state index >= 15 is 0 Å². The third-order valence-electron chi connectivity index (χ3n) is 2.60. The summed E-state index contributed by atoms with van der Waals surface area (Å²) in [5.74, 6) is -0.317. The molecule has 0 aliphatic carbocycles. The average Bonchev–Trinajstić information content (AvgIpc) is 2.46. The van der Waals surface area contributed by atoms with Crippen molar-refractivity contribution in [2.24, 2.45) is 0 Å². The lowest BCUT2D eigenvalue weighted by Gasteiger charge is -2.07. The van der Waals surface area contributed by atoms with E-state index in [1.807, 2.05) is 0 Å². The molecule has 0 aliphatic rings. The molecule has 0 aromatic heterocycles. The standard InChI is InChI=1S/C15H11Cl2NO4/c1-21-15(20)18-12-4-2-9(3-5-12)14(19)22-13-7-10(16)6-11(17)8-13/h2-8H,1H3,(H,18,20). The molecule has 0 fully saturated rings. The molecule has 5 nitrogen and oxygen atoms in total. The van der Waals surface area contributed by atoms with Crippen molar-refractivity contribution in [2.45, 2.75) is 0 Å². The highest BCUT2D eigenvalue weighted by atomic mass is 35.5. The minimum absolute atomic E-state index is 0.249. The van der Waals surface area contributed by atoms with Crippen molar-refractivity contribution >= 4 is 41.0 Å². The van der Waals surface area contributed by atoms with E-state index in [9.17, 15) is 9.59 Å². The van der Waals surface area contributed by atoms with Gasteiger partial charge in [0.1, 0.15) is 5.75 Å². The zero-order valence-electron chi connectivity index (χ0n) is 11.4. The SMILES string of the molecule is COC(=O)Nc1ccc(C(=O)Oc2cc(Cl)cc(Cl)c2)cc1. The topological polar surface area (TPSA) is 64.6 Å². The predicted molar refractivity (Wildman–Crippen MR) is 83.9 cm³/mol. The van der Waals surface area contributed by atoms with Crippen molar-refractivity contribution in [2.75, 3.05) is 12.4 Å². The number of halogens is 2. The minimum Gasteiger partial charge on any atom is -0.453 e. The van der Waals surface area contributed by atoms with Gasteiger partial charge in [-0.25, -0.2) is 9.59 Å². The van der Waals surface area contributed by atoms with Crippen LogP contribution in [0.2, 0.25) is 10.0 Å². The molecule has 2 aromatic carbocycles. The molecule has 2 aromatic rings. The number of amides is 1. The zero-order valence-corrected chi connectivity index (χ0v) is 12.9. The minimum atomic E-state index is -0.594. The van der Waals surface area contributed by atoms with Crippen molar-refractivity contribution in [3.63, 3.8) is 0 Å². The fraction of sp³-hybridized carbons (Fsp3) is 0.0667. The van der Waals surface area contributed by atoms with Crippen LogP contribution in [-0.2, 0) is 4.74 Å². The number of carbonyl (C=O) groups is 2. The van der Waals surface area contributed by atoms with E-state index in [0.29, 0.717) is 21.3 Å². The molecular formula is C15H11Cl2NO4. The van der Waals surface area contributed by atoms with Gasteiger partial charge in [0.2, 0.25) is 0 Å². The Labute approximate surface area is 136 Å². The summed E-state index contributed by atoms with van der Waals surface area (Å²) in [6, 6.07) is 10.6. The van der Waals surface area contributed by atoms with Crippen molar-refractivity contribution in [1.82, 2.24) is 0 Å². The first kappa shape index (κ1) is 16.1. The summed E-state index contributed by atoms with van der Waals surface area (Å²) >= 11 is 11.7. The van der Waals surface area contributed by atoms with Crippen molar-refractivity contribution in [3.05, 3.63) is 58.1 Å². The van der Waals surface area contributed by atoms with Gasteiger partial charge >= 0.3 is 12.1 Å². The molecule has 0 radical (unpaired) electrons. The van der Waals surface area contributed by atoms with Gasteiger partial charge < -0.3 is 9.47 Å². The molecule has 7 heteroatoms. The zero-order chi connectivity index (χ0) is 16.1. The molecule has 22 heavy (non-hydrogen) atoms. The van der Waals surface area contributed by atoms with Gasteiger partial charge in [0.05, 0.1) is 12.7 Å². The molecule has 0 saturated carbocycles. The fourth-order valence-electron chi connectivity index (χ4n) is 1.61. The Morgan fingerprint density at radius 2 is 1.59 bits per heavy atom. The Morgan fingerprint density at radius 3 is 2.14 bits per heavy atom. The molecular weight excluding hydrogens is 329 g/mol. The molecule has 2 rings (SSSR count). The highest BCUT2D eigenvalue weighted by Gasteiger charge is 2.10. The van der Waals surface area contributed by atoms with E-state index in [4.69, 9.17) is 27.9 Å². The molecule has 0 unspecified atom stereocenters. The first-order chi connectivity index (χ1) is 10.5. The van der Waals surface area contributed by atoms with Gasteiger partial charge in [-0.15, -0.1) is 0 Å². The number of rotatable bonds is 3. The van der Waals surface area contributed by atoms with E-state index < -0.39 is 12.1 Å². The number of hydrogen-bond acceptors (Lipinski definition) is 4. The number of benzene rings is 2. The molecule has 0 heterocycles. The van der Waals surface area contributed by atoms with Gasteiger partial charge in [0.25, 0.3) is 0 Å². The Bertz CT molecular complexity index is 681. The predicted octanol–water partition coefficient (Wildman–Crippen LogP) is 4.39. The molecule has 114 valence electrons. The molecule has 0 saturated heterocycles. The second kappa shape index (κ2) is 7.15. The summed E-state index contributed by atoms with van der Waals surface area (Å²) in [4.78, 5) is 23.1. The summed E-state index contributed by atoms with van der Waals surface area (Å²) in [5.41, 5.74) is 0.806. The quantitative estimate of drug-likeness (QED) is 0.665. The number of esters is 1. The molecule has 0 atom stereocenters. The van der Waals surface area contributed by atoms with Crippen molar-refractivity contribution < 1.29 is 19.1 Å². The third kappa shape index (κ3) is 4.38. The Morgan fingerprint density at radius 1 is 1.00 bits per heavy atom. The summed E-state index contributed by atoms with van der Waals surface area (Å²) < 4.78 is 9.65. The molecule has 0 spiro atoms. The van der Waals surface area contributed by atoms with Crippen molar-refractivity contribution in [1.29, 1.82) is 0 Å². The summed E-state index contributed by atoms with van der Waals surface area (Å²) in [6.07, 6.45) is -0.594. The molecule has 0 bridgehead atoms. The summed E-state index contributed by atoms with van der Waals surface area (Å²) in [6.45, 7) is 0. The maximum Gasteiger partial charge on any atom is 0.411 e. The van der Waals surface area contributed by atoms with E-state index in [1.54, 1.807) is 12.1 Å². The summed E-state index contributed by atoms with van der Waals surface area (Å²) in [7, 11) is 1.26. The van der Waals surface area contributed by atoms with E-state index in [2.05, 4.69) is 10.1 Å². The van der Waals surface area contributed by atoms with Crippen LogP contribution in [0.25, 0.3) is 0 Å². The number of ether oxygens (including phenoxy) is 2. The second-order valence-corrected chi connectivity index (χ2v) is 5.06. The van der Waals surface area contributed by atoms with Crippen LogP contribution in [0.3, 0.4) is 0 Å². The summed E-state index contributed by atoms with van der Waals surface area (Å²) in [5, 5.41) is 3.21. The van der Waals surface area contributed by atoms with Gasteiger partial charge in [0, 0.05) is 15.7 Å². The van der Waals surface area contributed by atoms with Gasteiger partial charge in [-0.05, 0) is 42.5 Å². The molecule has 1 N–H and O–H groups in total. The van der Waals surface area contributed by atoms with Crippen LogP contribution in [0.4, 0.5) is 10.5 Å². The number of carbonyl (C=O) groups excluding carboxylic acids is 2. The van der Waals surface area contributed by atoms with E-state index in [-0.39, 0.29) is 5.75 Å². The van der Waals surface area contributed by atoms with Crippen LogP contribution < -0.4 is 10.1 Å². The Hall–Kier alpha value is -2.24. The lowest BCUT2D eigenvalue weighted by atomic mass is 10.2. The van der Waals surface area contributed by atoms with E-state index in [1.165, 1.54) is 37.4 Å². The normalized spacial score (nSPS) is 9.95. The van der Waals surface area contributed by atoms with Crippen molar-refractivity contribution in [3.8, 4) is 5.75 Å². The fourth-order valence-corrected chi connectivity index (χ4v) is 2.12. The third-order valence-corrected chi connectivity index (χ3v) is 3.04. The van der Waals surface area contributed by atoms with Crippen LogP contribution in [-0.4, -0.2) is 19.2 Å². The largest absolute Gasteiger partial charge is 0.453 e. The second-order valence-electron chi connectivity index (χ2n) is 4.19. The van der Waals surface area contributed by atoms with Crippen LogP contribution in [0.15, 0.2) is 42.5 Å². The lowest BCUT2D eigenvalue weighted by Crippen LogP contribution is -2.12. The van der Waals surface area contributed by atoms with Crippen LogP contribution in [0, 0.1) is 0 Å². The molecule has 1 amide bonds. The smallest absolute Gasteiger partial charge is 0.411 e. The number of nitrogens with one attached hydrogen (secondary N) is 1. The van der Waals surface area contributed by atoms with Gasteiger partial charge in [-0.2, -0.15) is 0 Å². The van der Waals surface area contributed by atoms with Crippen LogP contribution in [0.1, 0.15) is 10.4 Å². The first-order valence-electron chi connectivity index (χ1n) is 6.11. The Kier molecular flexibility index (Phi) is 5.25. The average molecular weight is 340 g/mol. The van der Waals surface area contributed by atoms with Gasteiger partial charge in [-0.3, -0.25) is 5.32 Å². The molecule has 0 aliphatic heterocycles.